The van der Waals surface area contributed by atoms with Crippen molar-refractivity contribution in [3.8, 4) is 5.75 Å². The van der Waals surface area contributed by atoms with Crippen LogP contribution in [0.2, 0.25) is 0 Å². The van der Waals surface area contributed by atoms with Gasteiger partial charge in [-0.1, -0.05) is 0 Å². The fraction of sp³-hybridized carbons (Fsp3) is 0.412. The molecule has 3 rings (SSSR count). The zero-order valence-electron chi connectivity index (χ0n) is 13.8. The summed E-state index contributed by atoms with van der Waals surface area (Å²) >= 11 is 0. The van der Waals surface area contributed by atoms with E-state index in [1.807, 2.05) is 17.8 Å². The van der Waals surface area contributed by atoms with Gasteiger partial charge in [-0.25, -0.2) is 9.37 Å². The number of rotatable bonds is 4. The molecular formula is C17H21FN4O2. The first-order valence-electron chi connectivity index (χ1n) is 7.95. The number of amides is 1. The van der Waals surface area contributed by atoms with Crippen LogP contribution in [-0.2, 0) is 7.05 Å². The number of carbonyl (C=O) groups excluding carboxylic acids is 1. The molecule has 1 aromatic heterocycles. The number of anilines is 1. The number of benzene rings is 1. The summed E-state index contributed by atoms with van der Waals surface area (Å²) in [6.07, 6.45) is 5.36. The molecule has 1 N–H and O–H groups in total. The molecule has 1 fully saturated rings. The Bertz CT molecular complexity index is 723. The molecule has 0 saturated carbocycles. The van der Waals surface area contributed by atoms with E-state index in [0.29, 0.717) is 5.56 Å². The second-order valence-electron chi connectivity index (χ2n) is 5.92. The van der Waals surface area contributed by atoms with Crippen molar-refractivity contribution in [1.82, 2.24) is 14.9 Å². The number of aryl methyl sites for hydroxylation is 1. The number of hydrogen-bond donors (Lipinski definition) is 1. The number of ether oxygens (including phenoxy) is 1. The third-order valence-corrected chi connectivity index (χ3v) is 4.32. The van der Waals surface area contributed by atoms with E-state index in [0.717, 1.165) is 31.9 Å². The zero-order chi connectivity index (χ0) is 17.1. The Kier molecular flexibility index (Phi) is 4.69. The largest absolute Gasteiger partial charge is 0.494 e. The summed E-state index contributed by atoms with van der Waals surface area (Å²) in [4.78, 5) is 18.8. The van der Waals surface area contributed by atoms with E-state index < -0.39 is 5.82 Å². The Morgan fingerprint density at radius 2 is 2.12 bits per heavy atom. The van der Waals surface area contributed by atoms with E-state index in [-0.39, 0.29) is 17.7 Å². The molecule has 2 heterocycles. The number of halogens is 1. The van der Waals surface area contributed by atoms with Crippen molar-refractivity contribution < 1.29 is 13.9 Å². The molecule has 1 aromatic carbocycles. The average Bonchev–Trinajstić information content (AvgIpc) is 3.01. The van der Waals surface area contributed by atoms with E-state index in [2.05, 4.69) is 15.2 Å². The van der Waals surface area contributed by atoms with Gasteiger partial charge < -0.3 is 19.5 Å². The standard InChI is InChI=1S/C17H21FN4O2/c1-21-10-7-19-17(21)22-8-5-13(6-9-22)20-16(23)12-3-4-15(24-2)14(18)11-12/h3-4,7,10-11,13H,5-6,8-9H2,1-2H3,(H,20,23). The Balaban J connectivity index is 1.57. The van der Waals surface area contributed by atoms with Gasteiger partial charge in [0.25, 0.3) is 5.91 Å². The molecule has 0 bridgehead atoms. The van der Waals surface area contributed by atoms with Crippen LogP contribution in [0.15, 0.2) is 30.6 Å². The average molecular weight is 332 g/mol. The van der Waals surface area contributed by atoms with Gasteiger partial charge in [0.15, 0.2) is 11.6 Å². The van der Waals surface area contributed by atoms with Crippen LogP contribution in [0, 0.1) is 5.82 Å². The number of methoxy groups -OCH3 is 1. The molecule has 1 aliphatic heterocycles. The second-order valence-corrected chi connectivity index (χ2v) is 5.92. The van der Waals surface area contributed by atoms with Crippen LogP contribution in [0.1, 0.15) is 23.2 Å². The molecule has 24 heavy (non-hydrogen) atoms. The highest BCUT2D eigenvalue weighted by molar-refractivity contribution is 5.94. The smallest absolute Gasteiger partial charge is 0.251 e. The van der Waals surface area contributed by atoms with Crippen LogP contribution in [0.4, 0.5) is 10.3 Å². The summed E-state index contributed by atoms with van der Waals surface area (Å²) in [5.74, 6) is 0.286. The molecule has 6 nitrogen and oxygen atoms in total. The minimum atomic E-state index is -0.533. The van der Waals surface area contributed by atoms with Crippen molar-refractivity contribution in [1.29, 1.82) is 0 Å². The fourth-order valence-electron chi connectivity index (χ4n) is 2.96. The number of nitrogens with zero attached hydrogens (tertiary/aromatic N) is 3. The normalized spacial score (nSPS) is 15.4. The van der Waals surface area contributed by atoms with Gasteiger partial charge >= 0.3 is 0 Å². The van der Waals surface area contributed by atoms with Crippen molar-refractivity contribution in [2.24, 2.45) is 7.05 Å². The van der Waals surface area contributed by atoms with Crippen LogP contribution in [-0.4, -0.2) is 41.7 Å². The fourth-order valence-corrected chi connectivity index (χ4v) is 2.96. The maximum atomic E-state index is 13.7. The van der Waals surface area contributed by atoms with Crippen molar-refractivity contribution in [2.75, 3.05) is 25.1 Å². The summed E-state index contributed by atoms with van der Waals surface area (Å²) in [5, 5.41) is 2.98. The summed E-state index contributed by atoms with van der Waals surface area (Å²) in [6, 6.07) is 4.32. The molecule has 1 saturated heterocycles. The lowest BCUT2D eigenvalue weighted by atomic mass is 10.0. The summed E-state index contributed by atoms with van der Waals surface area (Å²) in [5.41, 5.74) is 0.305. The highest BCUT2D eigenvalue weighted by atomic mass is 19.1. The van der Waals surface area contributed by atoms with Gasteiger partial charge in [-0.15, -0.1) is 0 Å². The molecule has 2 aromatic rings. The van der Waals surface area contributed by atoms with Crippen molar-refractivity contribution >= 4 is 11.9 Å². The number of nitrogens with one attached hydrogen (secondary N) is 1. The molecule has 0 radical (unpaired) electrons. The lowest BCUT2D eigenvalue weighted by Gasteiger charge is -2.33. The van der Waals surface area contributed by atoms with E-state index in [1.165, 1.54) is 19.2 Å². The van der Waals surface area contributed by atoms with Gasteiger partial charge in [-0.2, -0.15) is 0 Å². The van der Waals surface area contributed by atoms with Crippen molar-refractivity contribution in [3.05, 3.63) is 42.0 Å². The molecule has 0 atom stereocenters. The summed E-state index contributed by atoms with van der Waals surface area (Å²) in [6.45, 7) is 1.65. The van der Waals surface area contributed by atoms with Gasteiger partial charge in [0, 0.05) is 44.1 Å². The molecule has 1 aliphatic rings. The monoisotopic (exact) mass is 332 g/mol. The second kappa shape index (κ2) is 6.90. The first-order chi connectivity index (χ1) is 11.6. The maximum absolute atomic E-state index is 13.7. The predicted molar refractivity (Wildman–Crippen MR) is 88.9 cm³/mol. The van der Waals surface area contributed by atoms with Crippen molar-refractivity contribution in [3.63, 3.8) is 0 Å². The number of hydrogen-bond acceptors (Lipinski definition) is 4. The zero-order valence-corrected chi connectivity index (χ0v) is 13.8. The third-order valence-electron chi connectivity index (χ3n) is 4.32. The maximum Gasteiger partial charge on any atom is 0.251 e. The molecular weight excluding hydrogens is 311 g/mol. The van der Waals surface area contributed by atoms with Gasteiger partial charge in [0.1, 0.15) is 0 Å². The minimum absolute atomic E-state index is 0.0826. The Morgan fingerprint density at radius 1 is 1.38 bits per heavy atom. The summed E-state index contributed by atoms with van der Waals surface area (Å²) in [7, 11) is 3.36. The van der Waals surface area contributed by atoms with E-state index in [4.69, 9.17) is 4.74 Å². The third kappa shape index (κ3) is 3.34. The lowest BCUT2D eigenvalue weighted by molar-refractivity contribution is 0.0930. The van der Waals surface area contributed by atoms with Gasteiger partial charge in [0.05, 0.1) is 7.11 Å². The summed E-state index contributed by atoms with van der Waals surface area (Å²) < 4.78 is 20.6. The lowest BCUT2D eigenvalue weighted by Crippen LogP contribution is -2.45. The first-order valence-corrected chi connectivity index (χ1v) is 7.95. The predicted octanol–water partition coefficient (Wildman–Crippen LogP) is 1.97. The molecule has 128 valence electrons. The van der Waals surface area contributed by atoms with Gasteiger partial charge in [0.2, 0.25) is 5.95 Å². The highest BCUT2D eigenvalue weighted by Gasteiger charge is 2.23. The van der Waals surface area contributed by atoms with E-state index >= 15 is 0 Å². The number of imidazole rings is 1. The van der Waals surface area contributed by atoms with Crippen LogP contribution in [0.3, 0.4) is 0 Å². The van der Waals surface area contributed by atoms with Crippen LogP contribution in [0.25, 0.3) is 0 Å². The number of aromatic nitrogens is 2. The Labute approximate surface area is 140 Å². The minimum Gasteiger partial charge on any atom is -0.494 e. The molecule has 7 heteroatoms. The van der Waals surface area contributed by atoms with Crippen molar-refractivity contribution in [2.45, 2.75) is 18.9 Å². The quantitative estimate of drug-likeness (QED) is 0.930. The highest BCUT2D eigenvalue weighted by Crippen LogP contribution is 2.20. The SMILES string of the molecule is COc1ccc(C(=O)NC2CCN(c3nccn3C)CC2)cc1F. The Hall–Kier alpha value is -2.57. The van der Waals surface area contributed by atoms with Gasteiger partial charge in [-0.05, 0) is 31.0 Å². The topological polar surface area (TPSA) is 59.4 Å². The number of carbonyl (C=O) groups is 1. The first kappa shape index (κ1) is 16.3. The van der Waals surface area contributed by atoms with E-state index in [9.17, 15) is 9.18 Å². The van der Waals surface area contributed by atoms with Crippen LogP contribution >= 0.6 is 0 Å². The molecule has 1 amide bonds. The molecule has 0 aliphatic carbocycles. The molecule has 0 spiro atoms. The number of piperidine rings is 1. The van der Waals surface area contributed by atoms with E-state index in [1.54, 1.807) is 12.3 Å². The molecule has 0 unspecified atom stereocenters. The van der Waals surface area contributed by atoms with Crippen LogP contribution < -0.4 is 15.0 Å². The van der Waals surface area contributed by atoms with Gasteiger partial charge in [-0.3, -0.25) is 4.79 Å². The van der Waals surface area contributed by atoms with Crippen LogP contribution in [0.5, 0.6) is 5.75 Å². The Morgan fingerprint density at radius 3 is 2.71 bits per heavy atom.